The fourth-order valence-corrected chi connectivity index (χ4v) is 3.38. The van der Waals surface area contributed by atoms with Crippen molar-refractivity contribution in [3.8, 4) is 17.1 Å². The zero-order valence-corrected chi connectivity index (χ0v) is 21.7. The molecule has 0 unspecified atom stereocenters. The highest BCUT2D eigenvalue weighted by Crippen LogP contribution is 2.19. The molecule has 0 aliphatic carbocycles. The molecule has 2 aromatic heterocycles. The van der Waals surface area contributed by atoms with Gasteiger partial charge in [0.2, 0.25) is 5.89 Å². The van der Waals surface area contributed by atoms with Crippen LogP contribution in [0.2, 0.25) is 0 Å². The fraction of sp³-hybridized carbons (Fsp3) is 0.240. The molecule has 4 rings (SSSR count). The number of aliphatic imine (C=N–C) groups is 1. The number of halogens is 2. The molecule has 2 N–H and O–H groups in total. The second kappa shape index (κ2) is 11.8. The number of oxazole rings is 1. The van der Waals surface area contributed by atoms with Gasteiger partial charge in [0.25, 0.3) is 0 Å². The molecule has 0 aliphatic heterocycles. The van der Waals surface area contributed by atoms with Gasteiger partial charge in [0.05, 0.1) is 24.5 Å². The van der Waals surface area contributed by atoms with Crippen molar-refractivity contribution < 1.29 is 8.81 Å². The second-order valence-electron chi connectivity index (χ2n) is 7.69. The normalized spacial score (nSPS) is 11.2. The van der Waals surface area contributed by atoms with E-state index in [0.29, 0.717) is 37.2 Å². The van der Waals surface area contributed by atoms with Crippen LogP contribution in [0.1, 0.15) is 29.6 Å². The fourth-order valence-electron chi connectivity index (χ4n) is 3.38. The summed E-state index contributed by atoms with van der Waals surface area (Å²) in [5.74, 6) is 1.62. The lowest BCUT2D eigenvalue weighted by Crippen LogP contribution is -2.36. The number of hydrogen-bond donors (Lipinski definition) is 2. The molecule has 0 atom stereocenters. The minimum atomic E-state index is -0.312. The Hall–Kier alpha value is -3.21. The Kier molecular flexibility index (Phi) is 8.80. The van der Waals surface area contributed by atoms with Crippen LogP contribution in [-0.4, -0.2) is 27.0 Å². The number of rotatable bonds is 7. The lowest BCUT2D eigenvalue weighted by Gasteiger charge is -2.11. The molecule has 0 saturated heterocycles. The summed E-state index contributed by atoms with van der Waals surface area (Å²) < 4.78 is 22.0. The quantitative estimate of drug-likeness (QED) is 0.181. The highest BCUT2D eigenvalue weighted by Gasteiger charge is 2.09. The largest absolute Gasteiger partial charge is 0.444 e. The number of aryl methyl sites for hydroxylation is 2. The van der Waals surface area contributed by atoms with Crippen LogP contribution in [0, 0.1) is 19.7 Å². The number of benzene rings is 2. The van der Waals surface area contributed by atoms with E-state index in [-0.39, 0.29) is 29.8 Å². The lowest BCUT2D eigenvalue weighted by molar-refractivity contribution is 0.572. The van der Waals surface area contributed by atoms with Crippen LogP contribution in [0.15, 0.2) is 70.5 Å². The molecule has 34 heavy (non-hydrogen) atoms. The topological polar surface area (TPSA) is 80.3 Å². The maximum Gasteiger partial charge on any atom is 0.226 e. The highest BCUT2D eigenvalue weighted by atomic mass is 127. The van der Waals surface area contributed by atoms with Gasteiger partial charge in [-0.2, -0.15) is 0 Å². The molecule has 0 radical (unpaired) electrons. The number of imidazole rings is 1. The third-order valence-electron chi connectivity index (χ3n) is 5.15. The summed E-state index contributed by atoms with van der Waals surface area (Å²) >= 11 is 0. The maximum absolute atomic E-state index is 14.7. The Morgan fingerprint density at radius 2 is 1.91 bits per heavy atom. The summed E-state index contributed by atoms with van der Waals surface area (Å²) in [6.45, 7) is 7.36. The van der Waals surface area contributed by atoms with Gasteiger partial charge in [-0.25, -0.2) is 19.4 Å². The molecule has 0 spiro atoms. The van der Waals surface area contributed by atoms with Crippen LogP contribution in [0.5, 0.6) is 0 Å². The molecule has 0 amide bonds. The molecule has 4 aromatic rings. The van der Waals surface area contributed by atoms with Gasteiger partial charge in [0.1, 0.15) is 17.9 Å². The minimum absolute atomic E-state index is 0. The van der Waals surface area contributed by atoms with Crippen molar-refractivity contribution in [1.82, 2.24) is 25.2 Å². The summed E-state index contributed by atoms with van der Waals surface area (Å²) in [4.78, 5) is 13.3. The molecular weight excluding hydrogens is 546 g/mol. The van der Waals surface area contributed by atoms with Crippen LogP contribution in [-0.2, 0) is 13.1 Å². The standard InChI is InChI=1S/C25H27FN6O.HI/c1-4-27-25(30-15-21-16-33-24(31-21)20-8-5-17(2)6-9-20)29-14-19-7-10-23(22(26)13-19)32-12-11-28-18(32)3;/h5-13,16H,4,14-15H2,1-3H3,(H2,27,29,30);1H. The Morgan fingerprint density at radius 1 is 1.12 bits per heavy atom. The third kappa shape index (κ3) is 6.22. The van der Waals surface area contributed by atoms with Gasteiger partial charge in [0, 0.05) is 24.5 Å². The third-order valence-corrected chi connectivity index (χ3v) is 5.15. The molecule has 2 aromatic carbocycles. The van der Waals surface area contributed by atoms with Crippen LogP contribution in [0.25, 0.3) is 17.1 Å². The molecule has 0 fully saturated rings. The van der Waals surface area contributed by atoms with Crippen molar-refractivity contribution in [2.45, 2.75) is 33.9 Å². The van der Waals surface area contributed by atoms with E-state index in [1.54, 1.807) is 29.3 Å². The van der Waals surface area contributed by atoms with Crippen molar-refractivity contribution >= 4 is 29.9 Å². The minimum Gasteiger partial charge on any atom is -0.444 e. The van der Waals surface area contributed by atoms with E-state index in [4.69, 9.17) is 4.42 Å². The first-order chi connectivity index (χ1) is 16.0. The predicted molar refractivity (Wildman–Crippen MR) is 142 cm³/mol. The summed E-state index contributed by atoms with van der Waals surface area (Å²) in [5, 5.41) is 6.45. The van der Waals surface area contributed by atoms with Gasteiger partial charge < -0.3 is 19.6 Å². The highest BCUT2D eigenvalue weighted by molar-refractivity contribution is 14.0. The Bertz CT molecular complexity index is 1250. The monoisotopic (exact) mass is 574 g/mol. The number of aromatic nitrogens is 3. The summed E-state index contributed by atoms with van der Waals surface area (Å²) in [7, 11) is 0. The van der Waals surface area contributed by atoms with E-state index in [1.807, 2.05) is 51.1 Å². The van der Waals surface area contributed by atoms with E-state index < -0.39 is 0 Å². The molecule has 0 saturated carbocycles. The maximum atomic E-state index is 14.7. The molecule has 9 heteroatoms. The van der Waals surface area contributed by atoms with Crippen molar-refractivity contribution in [3.63, 3.8) is 0 Å². The van der Waals surface area contributed by atoms with Gasteiger partial charge in [-0.3, -0.25) is 0 Å². The van der Waals surface area contributed by atoms with E-state index in [1.165, 1.54) is 11.6 Å². The molecule has 7 nitrogen and oxygen atoms in total. The molecule has 178 valence electrons. The van der Waals surface area contributed by atoms with Crippen molar-refractivity contribution in [2.75, 3.05) is 6.54 Å². The van der Waals surface area contributed by atoms with Crippen molar-refractivity contribution in [2.24, 2.45) is 4.99 Å². The van der Waals surface area contributed by atoms with Crippen LogP contribution < -0.4 is 10.6 Å². The Balaban J connectivity index is 0.00000324. The second-order valence-corrected chi connectivity index (χ2v) is 7.69. The van der Waals surface area contributed by atoms with Crippen LogP contribution in [0.4, 0.5) is 4.39 Å². The van der Waals surface area contributed by atoms with Crippen LogP contribution in [0.3, 0.4) is 0 Å². The number of nitrogens with one attached hydrogen (secondary N) is 2. The number of guanidine groups is 1. The van der Waals surface area contributed by atoms with Crippen LogP contribution >= 0.6 is 24.0 Å². The molecular formula is C25H28FIN6O. The van der Waals surface area contributed by atoms with E-state index in [0.717, 1.165) is 22.6 Å². The van der Waals surface area contributed by atoms with E-state index in [2.05, 4.69) is 25.6 Å². The Morgan fingerprint density at radius 3 is 2.59 bits per heavy atom. The molecule has 2 heterocycles. The summed E-state index contributed by atoms with van der Waals surface area (Å²) in [6.07, 6.45) is 5.03. The number of hydrogen-bond acceptors (Lipinski definition) is 4. The van der Waals surface area contributed by atoms with E-state index in [9.17, 15) is 4.39 Å². The average Bonchev–Trinajstić information content (AvgIpc) is 3.45. The van der Waals surface area contributed by atoms with E-state index >= 15 is 0 Å². The van der Waals surface area contributed by atoms with Gasteiger partial charge in [-0.15, -0.1) is 24.0 Å². The van der Waals surface area contributed by atoms with Gasteiger partial charge in [-0.05, 0) is 50.6 Å². The van der Waals surface area contributed by atoms with Crippen molar-refractivity contribution in [3.05, 3.63) is 89.6 Å². The zero-order chi connectivity index (χ0) is 23.2. The average molecular weight is 574 g/mol. The first-order valence-electron chi connectivity index (χ1n) is 10.9. The van der Waals surface area contributed by atoms with Gasteiger partial charge in [0.15, 0.2) is 5.96 Å². The van der Waals surface area contributed by atoms with Gasteiger partial charge >= 0.3 is 0 Å². The predicted octanol–water partition coefficient (Wildman–Crippen LogP) is 5.16. The molecule has 0 aliphatic rings. The Labute approximate surface area is 215 Å². The molecule has 0 bridgehead atoms. The summed E-state index contributed by atoms with van der Waals surface area (Å²) in [5.41, 5.74) is 4.13. The van der Waals surface area contributed by atoms with Gasteiger partial charge in [-0.1, -0.05) is 23.8 Å². The zero-order valence-electron chi connectivity index (χ0n) is 19.4. The van der Waals surface area contributed by atoms with Crippen molar-refractivity contribution in [1.29, 1.82) is 0 Å². The number of nitrogens with zero attached hydrogens (tertiary/aromatic N) is 4. The lowest BCUT2D eigenvalue weighted by atomic mass is 10.1. The first kappa shape index (κ1) is 25.4. The SMILES string of the molecule is CCNC(=NCc1ccc(-n2ccnc2C)c(F)c1)NCc1coc(-c2ccc(C)cc2)n1.I. The smallest absolute Gasteiger partial charge is 0.226 e. The first-order valence-corrected chi connectivity index (χ1v) is 10.9. The summed E-state index contributed by atoms with van der Waals surface area (Å²) in [6, 6.07) is 13.2.